The molecular weight excluding hydrogens is 302 g/mol. The summed E-state index contributed by atoms with van der Waals surface area (Å²) in [6.45, 7) is 8.18. The molecule has 0 aliphatic carbocycles. The van der Waals surface area contributed by atoms with Gasteiger partial charge in [0.15, 0.2) is 0 Å². The number of hydrogen-bond donors (Lipinski definition) is 1. The average Bonchev–Trinajstić information content (AvgIpc) is 3.19. The van der Waals surface area contributed by atoms with Gasteiger partial charge in [-0.25, -0.2) is 4.98 Å². The van der Waals surface area contributed by atoms with E-state index in [4.69, 9.17) is 9.72 Å². The van der Waals surface area contributed by atoms with E-state index in [1.54, 1.807) is 0 Å². The van der Waals surface area contributed by atoms with Gasteiger partial charge >= 0.3 is 0 Å². The van der Waals surface area contributed by atoms with Crippen molar-refractivity contribution >= 4 is 22.6 Å². The van der Waals surface area contributed by atoms with Crippen molar-refractivity contribution in [2.75, 3.05) is 11.9 Å². The molecule has 1 fully saturated rings. The minimum Gasteiger partial charge on any atom is -0.378 e. The Bertz CT molecular complexity index is 715. The number of rotatable bonds is 6. The summed E-state index contributed by atoms with van der Waals surface area (Å²) in [7, 11) is 0. The van der Waals surface area contributed by atoms with Crippen LogP contribution in [0.25, 0.3) is 11.0 Å². The maximum atomic E-state index is 12.1. The third-order valence-corrected chi connectivity index (χ3v) is 4.61. The number of aryl methyl sites for hydroxylation is 1. The quantitative estimate of drug-likeness (QED) is 0.869. The molecule has 1 saturated heterocycles. The van der Waals surface area contributed by atoms with E-state index in [1.807, 2.05) is 18.2 Å². The second-order valence-electron chi connectivity index (χ2n) is 6.79. The predicted octanol–water partition coefficient (Wildman–Crippen LogP) is 4.08. The zero-order chi connectivity index (χ0) is 17.1. The Hall–Kier alpha value is -1.88. The number of imidazole rings is 1. The van der Waals surface area contributed by atoms with E-state index in [-0.39, 0.29) is 12.0 Å². The fourth-order valence-electron chi connectivity index (χ4n) is 3.39. The summed E-state index contributed by atoms with van der Waals surface area (Å²) < 4.78 is 7.81. The van der Waals surface area contributed by atoms with E-state index in [9.17, 15) is 4.79 Å². The van der Waals surface area contributed by atoms with Crippen LogP contribution in [0.1, 0.15) is 58.2 Å². The Morgan fingerprint density at radius 3 is 2.96 bits per heavy atom. The SMILES string of the molecule is CCn1c(C(C)C)nc2cc(NC(=O)CC[C@@H]3CCCO3)ccc21. The monoisotopic (exact) mass is 329 g/mol. The van der Waals surface area contributed by atoms with Crippen LogP contribution in [0.15, 0.2) is 18.2 Å². The van der Waals surface area contributed by atoms with Gasteiger partial charge < -0.3 is 14.6 Å². The number of ether oxygens (including phenoxy) is 1. The van der Waals surface area contributed by atoms with Crippen LogP contribution in [0.5, 0.6) is 0 Å². The molecule has 3 rings (SSSR count). The fraction of sp³-hybridized carbons (Fsp3) is 0.579. The van der Waals surface area contributed by atoms with E-state index in [0.29, 0.717) is 12.3 Å². The summed E-state index contributed by atoms with van der Waals surface area (Å²) in [6, 6.07) is 5.98. The van der Waals surface area contributed by atoms with Crippen molar-refractivity contribution in [1.82, 2.24) is 9.55 Å². The van der Waals surface area contributed by atoms with E-state index in [1.165, 1.54) is 0 Å². The first-order valence-electron chi connectivity index (χ1n) is 9.00. The summed E-state index contributed by atoms with van der Waals surface area (Å²) in [5.41, 5.74) is 2.88. The Kier molecular flexibility index (Phi) is 5.19. The number of fused-ring (bicyclic) bond motifs is 1. The zero-order valence-electron chi connectivity index (χ0n) is 14.8. The second kappa shape index (κ2) is 7.34. The summed E-state index contributed by atoms with van der Waals surface area (Å²) in [4.78, 5) is 16.9. The summed E-state index contributed by atoms with van der Waals surface area (Å²) in [5.74, 6) is 1.51. The van der Waals surface area contributed by atoms with Crippen LogP contribution >= 0.6 is 0 Å². The number of nitrogens with one attached hydrogen (secondary N) is 1. The number of carbonyl (C=O) groups is 1. The highest BCUT2D eigenvalue weighted by molar-refractivity contribution is 5.93. The summed E-state index contributed by atoms with van der Waals surface area (Å²) in [6.07, 6.45) is 3.75. The van der Waals surface area contributed by atoms with Gasteiger partial charge in [0.2, 0.25) is 5.91 Å². The minimum atomic E-state index is 0.0452. The number of carbonyl (C=O) groups excluding carboxylic acids is 1. The molecule has 0 unspecified atom stereocenters. The Labute approximate surface area is 143 Å². The van der Waals surface area contributed by atoms with Crippen LogP contribution in [-0.2, 0) is 16.1 Å². The van der Waals surface area contributed by atoms with Crippen molar-refractivity contribution < 1.29 is 9.53 Å². The first-order valence-corrected chi connectivity index (χ1v) is 9.00. The molecule has 1 amide bonds. The molecule has 24 heavy (non-hydrogen) atoms. The van der Waals surface area contributed by atoms with E-state index >= 15 is 0 Å². The highest BCUT2D eigenvalue weighted by atomic mass is 16.5. The van der Waals surface area contributed by atoms with Crippen LogP contribution in [-0.4, -0.2) is 28.2 Å². The lowest BCUT2D eigenvalue weighted by molar-refractivity contribution is -0.116. The number of nitrogens with zero attached hydrogens (tertiary/aromatic N) is 2. The van der Waals surface area contributed by atoms with Gasteiger partial charge in [0.1, 0.15) is 5.82 Å². The number of aromatic nitrogens is 2. The first kappa shape index (κ1) is 17.0. The van der Waals surface area contributed by atoms with Crippen LogP contribution in [0.3, 0.4) is 0 Å². The molecule has 130 valence electrons. The van der Waals surface area contributed by atoms with Gasteiger partial charge in [-0.2, -0.15) is 0 Å². The van der Waals surface area contributed by atoms with Crippen LogP contribution < -0.4 is 5.32 Å². The average molecular weight is 329 g/mol. The lowest BCUT2D eigenvalue weighted by atomic mass is 10.1. The van der Waals surface area contributed by atoms with Crippen molar-refractivity contribution in [3.05, 3.63) is 24.0 Å². The van der Waals surface area contributed by atoms with Gasteiger partial charge in [-0.05, 0) is 44.4 Å². The highest BCUT2D eigenvalue weighted by Crippen LogP contribution is 2.25. The van der Waals surface area contributed by atoms with Gasteiger partial charge in [-0.1, -0.05) is 13.8 Å². The Balaban J connectivity index is 1.69. The molecule has 0 radical (unpaired) electrons. The fourth-order valence-corrected chi connectivity index (χ4v) is 3.39. The molecule has 5 heteroatoms. The number of benzene rings is 1. The lowest BCUT2D eigenvalue weighted by Gasteiger charge is -2.10. The second-order valence-corrected chi connectivity index (χ2v) is 6.79. The van der Waals surface area contributed by atoms with Crippen molar-refractivity contribution in [3.8, 4) is 0 Å². The molecule has 0 bridgehead atoms. The molecule has 1 N–H and O–H groups in total. The van der Waals surface area contributed by atoms with Crippen LogP contribution in [0, 0.1) is 0 Å². The number of hydrogen-bond acceptors (Lipinski definition) is 3. The molecule has 1 aromatic carbocycles. The van der Waals surface area contributed by atoms with Crippen molar-refractivity contribution in [2.24, 2.45) is 0 Å². The minimum absolute atomic E-state index is 0.0452. The lowest BCUT2D eigenvalue weighted by Crippen LogP contribution is -2.15. The van der Waals surface area contributed by atoms with Crippen molar-refractivity contribution in [1.29, 1.82) is 0 Å². The Morgan fingerprint density at radius 2 is 2.29 bits per heavy atom. The molecule has 0 saturated carbocycles. The topological polar surface area (TPSA) is 56.2 Å². The van der Waals surface area contributed by atoms with Gasteiger partial charge in [0.25, 0.3) is 0 Å². The van der Waals surface area contributed by atoms with Gasteiger partial charge in [-0.15, -0.1) is 0 Å². The Morgan fingerprint density at radius 1 is 1.46 bits per heavy atom. The van der Waals surface area contributed by atoms with Crippen molar-refractivity contribution in [2.45, 2.75) is 65.0 Å². The largest absolute Gasteiger partial charge is 0.378 e. The van der Waals surface area contributed by atoms with E-state index < -0.39 is 0 Å². The number of amides is 1. The van der Waals surface area contributed by atoms with Crippen molar-refractivity contribution in [3.63, 3.8) is 0 Å². The molecule has 1 aliphatic rings. The van der Waals surface area contributed by atoms with Crippen LogP contribution in [0.2, 0.25) is 0 Å². The molecular formula is C19H27N3O2. The summed E-state index contributed by atoms with van der Waals surface area (Å²) in [5, 5.41) is 2.99. The van der Waals surface area contributed by atoms with Crippen LogP contribution in [0.4, 0.5) is 5.69 Å². The summed E-state index contributed by atoms with van der Waals surface area (Å²) >= 11 is 0. The molecule has 1 aromatic heterocycles. The molecule has 0 spiro atoms. The number of anilines is 1. The molecule has 2 heterocycles. The molecule has 1 atom stereocenters. The van der Waals surface area contributed by atoms with E-state index in [0.717, 1.165) is 55.0 Å². The first-order chi connectivity index (χ1) is 11.6. The predicted molar refractivity (Wildman–Crippen MR) is 96.3 cm³/mol. The molecule has 5 nitrogen and oxygen atoms in total. The third kappa shape index (κ3) is 3.61. The third-order valence-electron chi connectivity index (χ3n) is 4.61. The standard InChI is InChI=1S/C19H27N3O2/c1-4-22-17-9-7-14(12-16(17)21-19(22)13(2)3)20-18(23)10-8-15-6-5-11-24-15/h7,9,12-13,15H,4-6,8,10-11H2,1-3H3,(H,20,23)/t15-/m0/s1. The molecule has 2 aromatic rings. The maximum Gasteiger partial charge on any atom is 0.224 e. The van der Waals surface area contributed by atoms with Gasteiger partial charge in [-0.3, -0.25) is 4.79 Å². The highest BCUT2D eigenvalue weighted by Gasteiger charge is 2.17. The zero-order valence-corrected chi connectivity index (χ0v) is 14.8. The molecule has 1 aliphatic heterocycles. The maximum absolute atomic E-state index is 12.1. The van der Waals surface area contributed by atoms with E-state index in [2.05, 4.69) is 30.7 Å². The van der Waals surface area contributed by atoms with Gasteiger partial charge in [0, 0.05) is 31.2 Å². The van der Waals surface area contributed by atoms with Gasteiger partial charge in [0.05, 0.1) is 17.1 Å². The smallest absolute Gasteiger partial charge is 0.224 e. The normalized spacial score (nSPS) is 17.8.